The van der Waals surface area contributed by atoms with Gasteiger partial charge in [0.1, 0.15) is 0 Å². The highest BCUT2D eigenvalue weighted by Gasteiger charge is 2.11. The summed E-state index contributed by atoms with van der Waals surface area (Å²) in [7, 11) is 0. The van der Waals surface area contributed by atoms with Crippen LogP contribution in [0.25, 0.3) is 0 Å². The topological polar surface area (TPSA) is 50.9 Å². The Morgan fingerprint density at radius 1 is 1.28 bits per heavy atom. The van der Waals surface area contributed by atoms with E-state index in [1.807, 2.05) is 43.6 Å². The quantitative estimate of drug-likeness (QED) is 0.657. The Balaban J connectivity index is 2.17. The number of aromatic nitrogens is 1. The fourth-order valence-corrected chi connectivity index (χ4v) is 2.02. The van der Waals surface area contributed by atoms with Gasteiger partial charge < -0.3 is 0 Å². The molecule has 0 spiro atoms. The first kappa shape index (κ1) is 13.0. The largest absolute Gasteiger partial charge is 0.271 e. The number of pyridine rings is 1. The van der Waals surface area contributed by atoms with E-state index in [-0.39, 0.29) is 6.04 Å². The minimum absolute atomic E-state index is 0.0542. The molecule has 18 heavy (non-hydrogen) atoms. The molecule has 0 radical (unpaired) electrons. The van der Waals surface area contributed by atoms with Crippen LogP contribution in [-0.4, -0.2) is 4.98 Å². The molecule has 1 heterocycles. The molecule has 0 fully saturated rings. The average Bonchev–Trinajstić information content (AvgIpc) is 2.38. The smallest absolute Gasteiger partial charge is 0.0515 e. The van der Waals surface area contributed by atoms with Crippen LogP contribution < -0.4 is 11.3 Å². The molecular weight excluding hydrogens is 246 g/mol. The van der Waals surface area contributed by atoms with Crippen molar-refractivity contribution in [3.8, 4) is 0 Å². The number of hydrogen-bond donors (Lipinski definition) is 2. The van der Waals surface area contributed by atoms with Crippen molar-refractivity contribution in [2.24, 2.45) is 5.84 Å². The van der Waals surface area contributed by atoms with Crippen LogP contribution in [0.4, 0.5) is 0 Å². The van der Waals surface area contributed by atoms with E-state index < -0.39 is 0 Å². The summed E-state index contributed by atoms with van der Waals surface area (Å²) in [6.45, 7) is 2.02. The van der Waals surface area contributed by atoms with E-state index in [1.54, 1.807) is 0 Å². The maximum absolute atomic E-state index is 5.87. The van der Waals surface area contributed by atoms with Gasteiger partial charge in [-0.3, -0.25) is 16.3 Å². The van der Waals surface area contributed by atoms with E-state index in [4.69, 9.17) is 17.4 Å². The predicted octanol–water partition coefficient (Wildman–Crippen LogP) is 2.79. The second-order valence-corrected chi connectivity index (χ2v) is 4.78. The highest BCUT2D eigenvalue weighted by Crippen LogP contribution is 2.19. The van der Waals surface area contributed by atoms with Gasteiger partial charge in [0.2, 0.25) is 0 Å². The van der Waals surface area contributed by atoms with Gasteiger partial charge in [0.25, 0.3) is 0 Å². The zero-order valence-electron chi connectivity index (χ0n) is 10.2. The Morgan fingerprint density at radius 2 is 2.00 bits per heavy atom. The molecule has 4 heteroatoms. The van der Waals surface area contributed by atoms with Crippen LogP contribution in [0, 0.1) is 6.92 Å². The minimum atomic E-state index is 0.0542. The fourth-order valence-electron chi connectivity index (χ4n) is 1.90. The summed E-state index contributed by atoms with van der Waals surface area (Å²) in [6, 6.07) is 9.94. The van der Waals surface area contributed by atoms with E-state index >= 15 is 0 Å². The van der Waals surface area contributed by atoms with Gasteiger partial charge >= 0.3 is 0 Å². The van der Waals surface area contributed by atoms with Crippen molar-refractivity contribution < 1.29 is 0 Å². The van der Waals surface area contributed by atoms with E-state index in [2.05, 4.69) is 16.5 Å². The van der Waals surface area contributed by atoms with E-state index in [0.717, 1.165) is 22.6 Å². The SMILES string of the molecule is Cc1cncc(C(Cc2ccc(Cl)cc2)NN)c1. The van der Waals surface area contributed by atoms with Gasteiger partial charge in [-0.05, 0) is 42.2 Å². The van der Waals surface area contributed by atoms with Crippen molar-refractivity contribution in [3.05, 3.63) is 64.4 Å². The molecule has 0 aliphatic heterocycles. The molecular formula is C14H16ClN3. The number of hydrazine groups is 1. The third-order valence-corrected chi connectivity index (χ3v) is 3.10. The van der Waals surface area contributed by atoms with Crippen LogP contribution in [0.15, 0.2) is 42.7 Å². The summed E-state index contributed by atoms with van der Waals surface area (Å²) in [5.41, 5.74) is 6.24. The molecule has 2 rings (SSSR count). The van der Waals surface area contributed by atoms with Crippen molar-refractivity contribution in [1.82, 2.24) is 10.4 Å². The van der Waals surface area contributed by atoms with Crippen LogP contribution in [0.3, 0.4) is 0 Å². The second kappa shape index (κ2) is 5.96. The van der Waals surface area contributed by atoms with Gasteiger partial charge in [0.05, 0.1) is 6.04 Å². The van der Waals surface area contributed by atoms with Crippen LogP contribution in [-0.2, 0) is 6.42 Å². The first-order valence-electron chi connectivity index (χ1n) is 5.81. The Labute approximate surface area is 112 Å². The van der Waals surface area contributed by atoms with Gasteiger partial charge in [0, 0.05) is 17.4 Å². The first-order valence-corrected chi connectivity index (χ1v) is 6.19. The van der Waals surface area contributed by atoms with Crippen LogP contribution in [0.5, 0.6) is 0 Å². The Hall–Kier alpha value is -1.42. The van der Waals surface area contributed by atoms with Crippen molar-refractivity contribution in [1.29, 1.82) is 0 Å². The number of rotatable bonds is 4. The molecule has 2 aromatic rings. The lowest BCUT2D eigenvalue weighted by Gasteiger charge is -2.16. The molecule has 0 aliphatic rings. The highest BCUT2D eigenvalue weighted by atomic mass is 35.5. The molecule has 0 saturated heterocycles. The summed E-state index contributed by atoms with van der Waals surface area (Å²) >= 11 is 5.87. The third kappa shape index (κ3) is 3.29. The van der Waals surface area contributed by atoms with Gasteiger partial charge in [-0.25, -0.2) is 0 Å². The van der Waals surface area contributed by atoms with E-state index in [0.29, 0.717) is 0 Å². The summed E-state index contributed by atoms with van der Waals surface area (Å²) < 4.78 is 0. The van der Waals surface area contributed by atoms with E-state index in [9.17, 15) is 0 Å². The van der Waals surface area contributed by atoms with Gasteiger partial charge in [-0.15, -0.1) is 0 Å². The van der Waals surface area contributed by atoms with Crippen LogP contribution in [0.1, 0.15) is 22.7 Å². The maximum atomic E-state index is 5.87. The fraction of sp³-hybridized carbons (Fsp3) is 0.214. The Morgan fingerprint density at radius 3 is 2.61 bits per heavy atom. The number of halogens is 1. The molecule has 0 aliphatic carbocycles. The van der Waals surface area contributed by atoms with Gasteiger partial charge in [0.15, 0.2) is 0 Å². The van der Waals surface area contributed by atoms with Gasteiger partial charge in [-0.1, -0.05) is 29.8 Å². The molecule has 3 nitrogen and oxygen atoms in total. The van der Waals surface area contributed by atoms with Gasteiger partial charge in [-0.2, -0.15) is 0 Å². The maximum Gasteiger partial charge on any atom is 0.0515 e. The number of nitrogens with one attached hydrogen (secondary N) is 1. The number of hydrogen-bond acceptors (Lipinski definition) is 3. The Kier molecular flexibility index (Phi) is 4.31. The first-order chi connectivity index (χ1) is 8.69. The minimum Gasteiger partial charge on any atom is -0.271 e. The molecule has 1 unspecified atom stereocenters. The number of nitrogens with zero attached hydrogens (tertiary/aromatic N) is 1. The number of benzene rings is 1. The molecule has 1 atom stereocenters. The number of nitrogens with two attached hydrogens (primary N) is 1. The third-order valence-electron chi connectivity index (χ3n) is 2.85. The van der Waals surface area contributed by atoms with Crippen LogP contribution in [0.2, 0.25) is 5.02 Å². The lowest BCUT2D eigenvalue weighted by molar-refractivity contribution is 0.550. The Bertz CT molecular complexity index is 511. The molecule has 1 aromatic carbocycles. The molecule has 0 bridgehead atoms. The zero-order valence-corrected chi connectivity index (χ0v) is 11.0. The normalized spacial score (nSPS) is 12.4. The summed E-state index contributed by atoms with van der Waals surface area (Å²) in [4.78, 5) is 4.19. The molecule has 3 N–H and O–H groups in total. The van der Waals surface area contributed by atoms with Crippen LogP contribution >= 0.6 is 11.6 Å². The van der Waals surface area contributed by atoms with Crippen molar-refractivity contribution >= 4 is 11.6 Å². The summed E-state index contributed by atoms with van der Waals surface area (Å²) in [6.07, 6.45) is 4.48. The average molecular weight is 262 g/mol. The predicted molar refractivity (Wildman–Crippen MR) is 74.2 cm³/mol. The lowest BCUT2D eigenvalue weighted by Crippen LogP contribution is -2.29. The molecule has 0 saturated carbocycles. The lowest BCUT2D eigenvalue weighted by atomic mass is 10.00. The molecule has 94 valence electrons. The van der Waals surface area contributed by atoms with Crippen molar-refractivity contribution in [2.75, 3.05) is 0 Å². The number of aryl methyl sites for hydroxylation is 1. The second-order valence-electron chi connectivity index (χ2n) is 4.35. The highest BCUT2D eigenvalue weighted by molar-refractivity contribution is 6.30. The van der Waals surface area contributed by atoms with Crippen molar-refractivity contribution in [2.45, 2.75) is 19.4 Å². The monoisotopic (exact) mass is 261 g/mol. The summed E-state index contributed by atoms with van der Waals surface area (Å²) in [5, 5.41) is 0.744. The molecule has 0 amide bonds. The van der Waals surface area contributed by atoms with Crippen molar-refractivity contribution in [3.63, 3.8) is 0 Å². The zero-order chi connectivity index (χ0) is 13.0. The van der Waals surface area contributed by atoms with E-state index in [1.165, 1.54) is 5.56 Å². The standard InChI is InChI=1S/C14H16ClN3/c1-10-6-12(9-17-8-10)14(18-16)7-11-2-4-13(15)5-3-11/h2-6,8-9,14,18H,7,16H2,1H3. The molecule has 1 aromatic heterocycles. The summed E-state index contributed by atoms with van der Waals surface area (Å²) in [5.74, 6) is 5.63.